The van der Waals surface area contributed by atoms with Crippen LogP contribution in [-0.4, -0.2) is 28.8 Å². The maximum atomic E-state index is 13.5. The van der Waals surface area contributed by atoms with Crippen molar-refractivity contribution in [3.63, 3.8) is 0 Å². The zero-order chi connectivity index (χ0) is 13.5. The molecule has 18 heavy (non-hydrogen) atoms. The SMILES string of the molecule is CC1(O)CCN(c2c(F)c(F)nc(F)c2F)CC1. The lowest BCUT2D eigenvalue weighted by atomic mass is 9.93. The molecule has 0 aromatic carbocycles. The fourth-order valence-corrected chi connectivity index (χ4v) is 1.97. The number of halogens is 4. The molecule has 0 spiro atoms. The van der Waals surface area contributed by atoms with E-state index in [0.717, 1.165) is 0 Å². The van der Waals surface area contributed by atoms with Crippen LogP contribution >= 0.6 is 0 Å². The number of aliphatic hydroxyl groups is 1. The van der Waals surface area contributed by atoms with Crippen LogP contribution in [0.4, 0.5) is 23.2 Å². The normalized spacial score (nSPS) is 19.1. The molecule has 1 aromatic rings. The van der Waals surface area contributed by atoms with Gasteiger partial charge in [0.15, 0.2) is 0 Å². The van der Waals surface area contributed by atoms with Crippen molar-refractivity contribution in [3.8, 4) is 0 Å². The smallest absolute Gasteiger partial charge is 0.253 e. The molecule has 0 radical (unpaired) electrons. The van der Waals surface area contributed by atoms with Gasteiger partial charge in [-0.3, -0.25) is 0 Å². The van der Waals surface area contributed by atoms with Crippen LogP contribution < -0.4 is 4.90 Å². The maximum Gasteiger partial charge on any atom is 0.253 e. The third kappa shape index (κ3) is 2.27. The molecule has 0 atom stereocenters. The molecule has 100 valence electrons. The fraction of sp³-hybridized carbons (Fsp3) is 0.545. The second-order valence-corrected chi connectivity index (χ2v) is 4.65. The number of hydrogen-bond donors (Lipinski definition) is 1. The number of nitrogens with zero attached hydrogens (tertiary/aromatic N) is 2. The molecule has 3 nitrogen and oxygen atoms in total. The Labute approximate surface area is 101 Å². The third-order valence-electron chi connectivity index (χ3n) is 3.13. The zero-order valence-electron chi connectivity index (χ0n) is 9.68. The van der Waals surface area contributed by atoms with Crippen LogP contribution in [0.1, 0.15) is 19.8 Å². The molecule has 1 fully saturated rings. The van der Waals surface area contributed by atoms with E-state index in [4.69, 9.17) is 0 Å². The van der Waals surface area contributed by atoms with Gasteiger partial charge >= 0.3 is 0 Å². The van der Waals surface area contributed by atoms with Gasteiger partial charge in [0.1, 0.15) is 5.69 Å². The lowest BCUT2D eigenvalue weighted by molar-refractivity contribution is 0.0348. The molecule has 0 unspecified atom stereocenters. The van der Waals surface area contributed by atoms with Gasteiger partial charge in [0.2, 0.25) is 11.6 Å². The van der Waals surface area contributed by atoms with E-state index in [1.54, 1.807) is 6.92 Å². The minimum Gasteiger partial charge on any atom is -0.390 e. The minimum atomic E-state index is -1.67. The number of rotatable bonds is 1. The van der Waals surface area contributed by atoms with Crippen LogP contribution in [0.2, 0.25) is 0 Å². The lowest BCUT2D eigenvalue weighted by Gasteiger charge is -2.37. The second-order valence-electron chi connectivity index (χ2n) is 4.65. The van der Waals surface area contributed by atoms with Crippen LogP contribution in [-0.2, 0) is 0 Å². The Hall–Kier alpha value is -1.37. The Morgan fingerprint density at radius 3 is 1.94 bits per heavy atom. The summed E-state index contributed by atoms with van der Waals surface area (Å²) in [4.78, 5) is 3.67. The molecule has 0 amide bonds. The molecule has 1 aliphatic heterocycles. The molecule has 0 saturated carbocycles. The highest BCUT2D eigenvalue weighted by Crippen LogP contribution is 2.31. The number of aromatic nitrogens is 1. The van der Waals surface area contributed by atoms with Gasteiger partial charge in [0.05, 0.1) is 5.60 Å². The van der Waals surface area contributed by atoms with Gasteiger partial charge in [-0.1, -0.05) is 0 Å². The van der Waals surface area contributed by atoms with E-state index in [1.165, 1.54) is 4.90 Å². The van der Waals surface area contributed by atoms with Crippen molar-refractivity contribution >= 4 is 5.69 Å². The quantitative estimate of drug-likeness (QED) is 0.622. The van der Waals surface area contributed by atoms with Gasteiger partial charge in [0, 0.05) is 13.1 Å². The van der Waals surface area contributed by atoms with Gasteiger partial charge in [-0.15, -0.1) is 0 Å². The number of pyridine rings is 1. The highest BCUT2D eigenvalue weighted by molar-refractivity contribution is 5.49. The predicted octanol–water partition coefficient (Wildman–Crippen LogP) is 1.99. The summed E-state index contributed by atoms with van der Waals surface area (Å²) in [6, 6.07) is 0. The van der Waals surface area contributed by atoms with Gasteiger partial charge in [-0.25, -0.2) is 0 Å². The maximum absolute atomic E-state index is 13.5. The minimum absolute atomic E-state index is 0.115. The summed E-state index contributed by atoms with van der Waals surface area (Å²) in [5.74, 6) is -6.34. The number of piperidine rings is 1. The lowest BCUT2D eigenvalue weighted by Crippen LogP contribution is -2.43. The van der Waals surface area contributed by atoms with Crippen molar-refractivity contribution in [2.24, 2.45) is 0 Å². The summed E-state index contributed by atoms with van der Waals surface area (Å²) in [7, 11) is 0. The van der Waals surface area contributed by atoms with Crippen molar-refractivity contribution in [2.75, 3.05) is 18.0 Å². The van der Waals surface area contributed by atoms with Gasteiger partial charge in [0.25, 0.3) is 11.9 Å². The zero-order valence-corrected chi connectivity index (χ0v) is 9.68. The first-order valence-corrected chi connectivity index (χ1v) is 5.49. The Balaban J connectivity index is 2.35. The van der Waals surface area contributed by atoms with Crippen molar-refractivity contribution in [3.05, 3.63) is 23.5 Å². The molecule has 0 aliphatic carbocycles. The van der Waals surface area contributed by atoms with E-state index in [0.29, 0.717) is 0 Å². The number of hydrogen-bond acceptors (Lipinski definition) is 3. The predicted molar refractivity (Wildman–Crippen MR) is 56.1 cm³/mol. The van der Waals surface area contributed by atoms with Gasteiger partial charge in [-0.2, -0.15) is 22.5 Å². The molecule has 2 heterocycles. The summed E-state index contributed by atoms with van der Waals surface area (Å²) in [6.45, 7) is 1.83. The summed E-state index contributed by atoms with van der Waals surface area (Å²) in [5, 5.41) is 9.71. The highest BCUT2D eigenvalue weighted by Gasteiger charge is 2.32. The molecule has 2 rings (SSSR count). The van der Waals surface area contributed by atoms with E-state index >= 15 is 0 Å². The van der Waals surface area contributed by atoms with E-state index in [9.17, 15) is 22.7 Å². The first kappa shape index (κ1) is 13.1. The Kier molecular flexibility index (Phi) is 3.18. The van der Waals surface area contributed by atoms with Crippen LogP contribution in [0, 0.1) is 23.5 Å². The average Bonchev–Trinajstić information content (AvgIpc) is 2.29. The number of anilines is 1. The average molecular weight is 264 g/mol. The highest BCUT2D eigenvalue weighted by atomic mass is 19.2. The van der Waals surface area contributed by atoms with E-state index < -0.39 is 34.8 Å². The van der Waals surface area contributed by atoms with Crippen LogP contribution in [0.25, 0.3) is 0 Å². The monoisotopic (exact) mass is 264 g/mol. The van der Waals surface area contributed by atoms with Gasteiger partial charge < -0.3 is 10.0 Å². The summed E-state index contributed by atoms with van der Waals surface area (Å²) < 4.78 is 52.9. The standard InChI is InChI=1S/C11H12F4N2O/c1-11(18)2-4-17(5-3-11)8-6(12)9(14)16-10(15)7(8)13/h18H,2-5H2,1H3. The third-order valence-corrected chi connectivity index (χ3v) is 3.13. The Morgan fingerprint density at radius 1 is 1.06 bits per heavy atom. The van der Waals surface area contributed by atoms with Crippen LogP contribution in [0.3, 0.4) is 0 Å². The van der Waals surface area contributed by atoms with Gasteiger partial charge in [-0.05, 0) is 19.8 Å². The summed E-state index contributed by atoms with van der Waals surface area (Å²) in [6.07, 6.45) is 0.523. The van der Waals surface area contributed by atoms with Crippen molar-refractivity contribution in [1.29, 1.82) is 0 Å². The second kappa shape index (κ2) is 4.38. The molecule has 1 N–H and O–H groups in total. The van der Waals surface area contributed by atoms with E-state index in [2.05, 4.69) is 4.98 Å². The summed E-state index contributed by atoms with van der Waals surface area (Å²) in [5.41, 5.74) is -1.68. The first-order valence-electron chi connectivity index (χ1n) is 5.49. The van der Waals surface area contributed by atoms with Crippen molar-refractivity contribution < 1.29 is 22.7 Å². The fourth-order valence-electron chi connectivity index (χ4n) is 1.97. The van der Waals surface area contributed by atoms with Crippen molar-refractivity contribution in [2.45, 2.75) is 25.4 Å². The van der Waals surface area contributed by atoms with Crippen molar-refractivity contribution in [1.82, 2.24) is 4.98 Å². The van der Waals surface area contributed by atoms with Crippen LogP contribution in [0.15, 0.2) is 0 Å². The van der Waals surface area contributed by atoms with E-state index in [1.807, 2.05) is 0 Å². The topological polar surface area (TPSA) is 36.4 Å². The largest absolute Gasteiger partial charge is 0.390 e. The molecule has 1 aliphatic rings. The summed E-state index contributed by atoms with van der Waals surface area (Å²) >= 11 is 0. The molecular weight excluding hydrogens is 252 g/mol. The van der Waals surface area contributed by atoms with Crippen LogP contribution in [0.5, 0.6) is 0 Å². The molecule has 0 bridgehead atoms. The Morgan fingerprint density at radius 2 is 1.50 bits per heavy atom. The Bertz CT molecular complexity index is 442. The molecule has 1 aromatic heterocycles. The molecular formula is C11H12F4N2O. The molecule has 1 saturated heterocycles. The van der Waals surface area contributed by atoms with E-state index in [-0.39, 0.29) is 25.9 Å². The molecule has 7 heteroatoms. The first-order chi connectivity index (χ1) is 8.32.